The van der Waals surface area contributed by atoms with Gasteiger partial charge in [0.2, 0.25) is 0 Å². The van der Waals surface area contributed by atoms with Gasteiger partial charge in [-0.2, -0.15) is 0 Å². The summed E-state index contributed by atoms with van der Waals surface area (Å²) in [5.74, 6) is 0. The first-order valence-corrected chi connectivity index (χ1v) is 7.55. The summed E-state index contributed by atoms with van der Waals surface area (Å²) in [5.41, 5.74) is 0. The molecule has 1 aliphatic heterocycles. The van der Waals surface area contributed by atoms with Crippen LogP contribution in [-0.2, 0) is 18.2 Å². The average molecular weight is 258 g/mol. The van der Waals surface area contributed by atoms with E-state index in [1.807, 2.05) is 0 Å². The van der Waals surface area contributed by atoms with Crippen molar-refractivity contribution in [2.75, 3.05) is 7.11 Å². The van der Waals surface area contributed by atoms with Crippen LogP contribution in [0, 0.1) is 0 Å². The van der Waals surface area contributed by atoms with Gasteiger partial charge in [-0.15, -0.1) is 0 Å². The van der Waals surface area contributed by atoms with Crippen LogP contribution in [0.5, 0.6) is 0 Å². The van der Waals surface area contributed by atoms with E-state index in [9.17, 15) is 9.13 Å². The summed E-state index contributed by atoms with van der Waals surface area (Å²) in [6, 6.07) is 0. The van der Waals surface area contributed by atoms with Gasteiger partial charge in [0.1, 0.15) is 0 Å². The average Bonchev–Trinajstić information content (AvgIpc) is 2.18. The van der Waals surface area contributed by atoms with Crippen molar-refractivity contribution >= 4 is 15.2 Å². The maximum atomic E-state index is 12.1. The van der Waals surface area contributed by atoms with E-state index in [4.69, 9.17) is 18.8 Å². The molecule has 0 amide bonds. The summed E-state index contributed by atoms with van der Waals surface area (Å²) < 4.78 is 33.2. The van der Waals surface area contributed by atoms with E-state index in [-0.39, 0.29) is 6.42 Å². The lowest BCUT2D eigenvalue weighted by Gasteiger charge is -2.24. The van der Waals surface area contributed by atoms with Crippen LogP contribution < -0.4 is 0 Å². The Hall–Kier alpha value is 0.300. The highest BCUT2D eigenvalue weighted by Gasteiger charge is 2.64. The van der Waals surface area contributed by atoms with Gasteiger partial charge in [-0.25, -0.2) is 0 Å². The molecule has 6 nitrogen and oxygen atoms in total. The van der Waals surface area contributed by atoms with Gasteiger partial charge in [-0.1, -0.05) is 0 Å². The Morgan fingerprint density at radius 3 is 2.07 bits per heavy atom. The Balaban J connectivity index is 3.19. The quantitative estimate of drug-likeness (QED) is 0.735. The molecule has 0 spiro atoms. The predicted octanol–water partition coefficient (Wildman–Crippen LogP) is 1.92. The van der Waals surface area contributed by atoms with Crippen LogP contribution in [0.2, 0.25) is 0 Å². The normalized spacial score (nSPS) is 40.7. The molecule has 0 aliphatic carbocycles. The molecule has 1 fully saturated rings. The molecule has 90 valence electrons. The van der Waals surface area contributed by atoms with E-state index in [0.717, 1.165) is 0 Å². The van der Waals surface area contributed by atoms with Crippen LogP contribution in [0.3, 0.4) is 0 Å². The van der Waals surface area contributed by atoms with Crippen molar-refractivity contribution in [1.82, 2.24) is 0 Å². The van der Waals surface area contributed by atoms with E-state index in [1.165, 1.54) is 14.0 Å². The SMILES string of the molecule is COP1(=O)OC(C)(P(=O)(O)O)CC1(C)C. The van der Waals surface area contributed by atoms with E-state index in [2.05, 4.69) is 0 Å². The van der Waals surface area contributed by atoms with Gasteiger partial charge in [-0.05, 0) is 20.8 Å². The zero-order valence-corrected chi connectivity index (χ0v) is 10.9. The minimum absolute atomic E-state index is 0.00457. The second-order valence-corrected chi connectivity index (χ2v) is 9.27. The highest BCUT2D eigenvalue weighted by atomic mass is 31.2. The van der Waals surface area contributed by atoms with Gasteiger partial charge >= 0.3 is 15.2 Å². The maximum Gasteiger partial charge on any atom is 0.357 e. The van der Waals surface area contributed by atoms with E-state index in [0.29, 0.717) is 0 Å². The molecule has 0 radical (unpaired) electrons. The molecular formula is C7H16O6P2. The number of hydrogen-bond acceptors (Lipinski definition) is 4. The second kappa shape index (κ2) is 3.39. The smallest absolute Gasteiger partial charge is 0.322 e. The van der Waals surface area contributed by atoms with Gasteiger partial charge in [-0.3, -0.25) is 13.7 Å². The zero-order chi connectivity index (χ0) is 12.1. The Bertz CT molecular complexity index is 358. The van der Waals surface area contributed by atoms with Crippen molar-refractivity contribution in [3.63, 3.8) is 0 Å². The Morgan fingerprint density at radius 2 is 1.87 bits per heavy atom. The van der Waals surface area contributed by atoms with E-state index >= 15 is 0 Å². The van der Waals surface area contributed by atoms with Crippen LogP contribution >= 0.6 is 15.2 Å². The van der Waals surface area contributed by atoms with Gasteiger partial charge in [0, 0.05) is 13.5 Å². The van der Waals surface area contributed by atoms with Crippen molar-refractivity contribution in [2.45, 2.75) is 37.7 Å². The molecular weight excluding hydrogens is 242 g/mol. The first-order chi connectivity index (χ1) is 6.47. The molecule has 15 heavy (non-hydrogen) atoms. The van der Waals surface area contributed by atoms with Crippen molar-refractivity contribution < 1.29 is 28.0 Å². The van der Waals surface area contributed by atoms with E-state index in [1.54, 1.807) is 13.8 Å². The Labute approximate surface area is 88.7 Å². The monoisotopic (exact) mass is 258 g/mol. The standard InChI is InChI=1S/C7H16O6P2/c1-6(2)5-7(3,14(8,9)10)13-15(6,11)12-4/h5H2,1-4H3,(H2,8,9,10). The Kier molecular flexibility index (Phi) is 3.02. The molecule has 0 bridgehead atoms. The third-order valence-electron chi connectivity index (χ3n) is 2.68. The molecule has 1 rings (SSSR count). The molecule has 2 N–H and O–H groups in total. The van der Waals surface area contributed by atoms with Crippen molar-refractivity contribution in [3.8, 4) is 0 Å². The summed E-state index contributed by atoms with van der Waals surface area (Å²) >= 11 is 0. The van der Waals surface area contributed by atoms with Crippen molar-refractivity contribution in [1.29, 1.82) is 0 Å². The predicted molar refractivity (Wildman–Crippen MR) is 54.8 cm³/mol. The number of hydrogen-bond donors (Lipinski definition) is 2. The van der Waals surface area contributed by atoms with Gasteiger partial charge in [0.25, 0.3) is 0 Å². The molecule has 1 saturated heterocycles. The summed E-state index contributed by atoms with van der Waals surface area (Å²) in [7, 11) is -6.72. The third-order valence-corrected chi connectivity index (χ3v) is 7.07. The van der Waals surface area contributed by atoms with Crippen molar-refractivity contribution in [3.05, 3.63) is 0 Å². The largest absolute Gasteiger partial charge is 0.357 e. The van der Waals surface area contributed by atoms with Crippen LogP contribution in [0.4, 0.5) is 0 Å². The van der Waals surface area contributed by atoms with Gasteiger partial charge in [0.15, 0.2) is 5.34 Å². The molecule has 0 saturated carbocycles. The van der Waals surface area contributed by atoms with Crippen LogP contribution in [-0.4, -0.2) is 27.4 Å². The van der Waals surface area contributed by atoms with Crippen LogP contribution in [0.15, 0.2) is 0 Å². The molecule has 1 aliphatic rings. The fourth-order valence-electron chi connectivity index (χ4n) is 1.75. The van der Waals surface area contributed by atoms with Crippen LogP contribution in [0.25, 0.3) is 0 Å². The lowest BCUT2D eigenvalue weighted by atomic mass is 10.1. The van der Waals surface area contributed by atoms with Crippen molar-refractivity contribution in [2.24, 2.45) is 0 Å². The lowest BCUT2D eigenvalue weighted by molar-refractivity contribution is 0.135. The fourth-order valence-corrected chi connectivity index (χ4v) is 5.12. The molecule has 1 heterocycles. The molecule has 0 aromatic rings. The summed E-state index contributed by atoms with van der Waals surface area (Å²) in [4.78, 5) is 18.3. The summed E-state index contributed by atoms with van der Waals surface area (Å²) in [6.07, 6.45) is -0.00457. The highest BCUT2D eigenvalue weighted by molar-refractivity contribution is 7.59. The third kappa shape index (κ3) is 1.95. The van der Waals surface area contributed by atoms with Gasteiger partial charge < -0.3 is 14.3 Å². The minimum atomic E-state index is -4.47. The minimum Gasteiger partial charge on any atom is -0.322 e. The second-order valence-electron chi connectivity index (χ2n) is 4.48. The molecule has 2 unspecified atom stereocenters. The first-order valence-electron chi connectivity index (χ1n) is 4.40. The first kappa shape index (κ1) is 13.4. The van der Waals surface area contributed by atoms with Crippen LogP contribution in [0.1, 0.15) is 27.2 Å². The Morgan fingerprint density at radius 1 is 1.40 bits per heavy atom. The molecule has 2 atom stereocenters. The summed E-state index contributed by atoms with van der Waals surface area (Å²) in [6.45, 7) is 4.48. The van der Waals surface area contributed by atoms with E-state index < -0.39 is 25.7 Å². The molecule has 0 aromatic carbocycles. The highest BCUT2D eigenvalue weighted by Crippen LogP contribution is 2.76. The lowest BCUT2D eigenvalue weighted by Crippen LogP contribution is -2.25. The zero-order valence-electron chi connectivity index (χ0n) is 9.13. The fraction of sp³-hybridized carbons (Fsp3) is 1.00. The van der Waals surface area contributed by atoms with Gasteiger partial charge in [0.05, 0.1) is 5.16 Å². The summed E-state index contributed by atoms with van der Waals surface area (Å²) in [5, 5.41) is -2.61. The topological polar surface area (TPSA) is 93.1 Å². The number of rotatable bonds is 2. The molecule has 0 aromatic heterocycles. The maximum absolute atomic E-state index is 12.1. The molecule has 8 heteroatoms.